The molecule has 26 heavy (non-hydrogen) atoms. The summed E-state index contributed by atoms with van der Waals surface area (Å²) in [7, 11) is 3.78. The highest BCUT2D eigenvalue weighted by atomic mass is 32.9. The zero-order valence-corrected chi connectivity index (χ0v) is 15.4. The molecule has 0 unspecified atom stereocenters. The van der Waals surface area contributed by atoms with E-state index < -0.39 is 0 Å². The van der Waals surface area contributed by atoms with Crippen molar-refractivity contribution in [2.75, 3.05) is 0 Å². The first-order chi connectivity index (χ1) is 12.9. The Morgan fingerprint density at radius 2 is 0.923 bits per heavy atom. The van der Waals surface area contributed by atoms with E-state index >= 15 is 0 Å². The average Bonchev–Trinajstić information content (AvgIpc) is 3.22. The van der Waals surface area contributed by atoms with Gasteiger partial charge in [0.15, 0.2) is 0 Å². The lowest BCUT2D eigenvalue weighted by Gasteiger charge is -2.06. The van der Waals surface area contributed by atoms with Crippen molar-refractivity contribution < 1.29 is 0 Å². The molecule has 0 aliphatic carbocycles. The van der Waals surface area contributed by atoms with Gasteiger partial charge in [-0.2, -0.15) is 0 Å². The van der Waals surface area contributed by atoms with E-state index in [1.807, 2.05) is 20.7 Å². The minimum Gasteiger partial charge on any atom is -0.0874 e. The number of rotatable bonds is 0. The predicted molar refractivity (Wildman–Crippen MR) is 118 cm³/mol. The number of benzene rings is 4. The highest BCUT2D eigenvalue weighted by Crippen LogP contribution is 2.51. The van der Waals surface area contributed by atoms with Gasteiger partial charge in [0.25, 0.3) is 0 Å². The van der Waals surface area contributed by atoms with Crippen molar-refractivity contribution in [1.82, 2.24) is 0 Å². The Kier molecular flexibility index (Phi) is 2.36. The van der Waals surface area contributed by atoms with Crippen LogP contribution in [0.25, 0.3) is 63.9 Å². The fourth-order valence-electron chi connectivity index (χ4n) is 4.87. The normalized spacial score (nSPS) is 12.6. The molecule has 120 valence electrons. The Labute approximate surface area is 156 Å². The maximum absolute atomic E-state index is 2.34. The van der Waals surface area contributed by atoms with Crippen molar-refractivity contribution >= 4 is 84.6 Å². The summed E-state index contributed by atoms with van der Waals surface area (Å²) < 4.78 is 1.45. The largest absolute Gasteiger partial charge is 0.0874 e. The van der Waals surface area contributed by atoms with Gasteiger partial charge in [-0.05, 0) is 43.1 Å². The molecule has 0 aliphatic heterocycles. The van der Waals surface area contributed by atoms with E-state index in [0.29, 0.717) is 0 Å². The highest BCUT2D eigenvalue weighted by Gasteiger charge is 2.21. The van der Waals surface area contributed by atoms with Crippen LogP contribution in [-0.4, -0.2) is 0 Å². The van der Waals surface area contributed by atoms with Crippen molar-refractivity contribution in [3.8, 4) is 0 Å². The Balaban J connectivity index is 2.02. The summed E-state index contributed by atoms with van der Waals surface area (Å²) in [5, 5.41) is 17.8. The smallest absolute Gasteiger partial charge is 0.0547 e. The molecular weight excluding hydrogens is 352 g/mol. The standard InChI is InChI=1S/C24H12S2/c1-4-9-17-13(6-1)16-10-5-11-18-20(16)22(17)24-23-19(12-25-26-24)14-7-2-3-8-15(14)21(18)23/h1-12H. The second-order valence-corrected chi connectivity index (χ2v) is 9.06. The SMILES string of the molecule is c1ccc2c(c1)c1cccc3c1c2c1sscc2c4ccccc4c3c21. The van der Waals surface area contributed by atoms with Gasteiger partial charge in [-0.25, -0.2) is 0 Å². The van der Waals surface area contributed by atoms with E-state index in [0.717, 1.165) is 0 Å². The molecule has 0 radical (unpaired) electrons. The van der Waals surface area contributed by atoms with Crippen LogP contribution in [0, 0.1) is 0 Å². The molecule has 0 fully saturated rings. The van der Waals surface area contributed by atoms with Crippen LogP contribution in [0.1, 0.15) is 0 Å². The van der Waals surface area contributed by atoms with Crippen molar-refractivity contribution in [1.29, 1.82) is 0 Å². The Hall–Kier alpha value is -2.68. The van der Waals surface area contributed by atoms with Crippen LogP contribution in [0.3, 0.4) is 0 Å². The molecule has 7 aromatic rings. The molecule has 0 saturated carbocycles. The molecule has 0 N–H and O–H groups in total. The summed E-state index contributed by atoms with van der Waals surface area (Å²) >= 11 is 0. The fraction of sp³-hybridized carbons (Fsp3) is 0. The van der Waals surface area contributed by atoms with Gasteiger partial charge in [-0.15, -0.1) is 0 Å². The van der Waals surface area contributed by atoms with Crippen LogP contribution in [0.5, 0.6) is 0 Å². The average molecular weight is 364 g/mol. The fourth-order valence-corrected chi connectivity index (χ4v) is 7.17. The minimum absolute atomic E-state index is 1.38. The van der Waals surface area contributed by atoms with E-state index in [1.165, 1.54) is 63.9 Å². The van der Waals surface area contributed by atoms with Crippen LogP contribution in [0.4, 0.5) is 0 Å². The first-order valence-corrected chi connectivity index (χ1v) is 11.0. The van der Waals surface area contributed by atoms with Crippen LogP contribution in [0.15, 0.2) is 72.1 Å². The summed E-state index contributed by atoms with van der Waals surface area (Å²) in [5.74, 6) is 0. The molecule has 2 heteroatoms. The van der Waals surface area contributed by atoms with Crippen molar-refractivity contribution in [2.24, 2.45) is 0 Å². The maximum atomic E-state index is 2.34. The maximum Gasteiger partial charge on any atom is 0.0547 e. The number of hydrogen-bond acceptors (Lipinski definition) is 2. The summed E-state index contributed by atoms with van der Waals surface area (Å²) in [4.78, 5) is 0. The molecule has 0 nitrogen and oxygen atoms in total. The van der Waals surface area contributed by atoms with Gasteiger partial charge < -0.3 is 0 Å². The molecule has 0 saturated heterocycles. The van der Waals surface area contributed by atoms with E-state index in [-0.39, 0.29) is 0 Å². The lowest BCUT2D eigenvalue weighted by Crippen LogP contribution is -1.77. The van der Waals surface area contributed by atoms with Crippen molar-refractivity contribution in [3.05, 3.63) is 72.1 Å². The summed E-state index contributed by atoms with van der Waals surface area (Å²) in [5.41, 5.74) is 0. The van der Waals surface area contributed by atoms with Crippen LogP contribution in [-0.2, 0) is 0 Å². The lowest BCUT2D eigenvalue weighted by molar-refractivity contribution is 1.85. The monoisotopic (exact) mass is 364 g/mol. The predicted octanol–water partition coefficient (Wildman–Crippen LogP) is 8.17. The quantitative estimate of drug-likeness (QED) is 0.188. The van der Waals surface area contributed by atoms with E-state index in [4.69, 9.17) is 0 Å². The van der Waals surface area contributed by atoms with Gasteiger partial charge in [-0.3, -0.25) is 0 Å². The van der Waals surface area contributed by atoms with E-state index in [1.54, 1.807) is 0 Å². The lowest BCUT2D eigenvalue weighted by atomic mass is 10.00. The van der Waals surface area contributed by atoms with Crippen LogP contribution in [0.2, 0.25) is 0 Å². The third-order valence-corrected chi connectivity index (χ3v) is 7.91. The minimum atomic E-state index is 1.38. The number of hydrogen-bond donors (Lipinski definition) is 0. The van der Waals surface area contributed by atoms with Crippen molar-refractivity contribution in [3.63, 3.8) is 0 Å². The van der Waals surface area contributed by atoms with Gasteiger partial charge in [0.2, 0.25) is 0 Å². The molecule has 0 aliphatic rings. The molecule has 1 heterocycles. The highest BCUT2D eigenvalue weighted by molar-refractivity contribution is 7.71. The van der Waals surface area contributed by atoms with E-state index in [9.17, 15) is 0 Å². The Morgan fingerprint density at radius 3 is 1.65 bits per heavy atom. The summed E-state index contributed by atoms with van der Waals surface area (Å²) in [6.07, 6.45) is 0. The third-order valence-electron chi connectivity index (χ3n) is 5.83. The van der Waals surface area contributed by atoms with Crippen LogP contribution >= 0.6 is 20.7 Å². The molecule has 7 rings (SSSR count). The zero-order valence-electron chi connectivity index (χ0n) is 13.7. The Morgan fingerprint density at radius 1 is 0.423 bits per heavy atom. The van der Waals surface area contributed by atoms with Gasteiger partial charge in [-0.1, -0.05) is 87.4 Å². The summed E-state index contributed by atoms with van der Waals surface area (Å²) in [6.45, 7) is 0. The Bertz CT molecular complexity index is 1500. The third kappa shape index (κ3) is 1.40. The molecule has 6 aromatic carbocycles. The second-order valence-electron chi connectivity index (χ2n) is 6.98. The first kappa shape index (κ1) is 13.5. The molecular formula is C24H12S2. The molecule has 0 spiro atoms. The van der Waals surface area contributed by atoms with E-state index in [2.05, 4.69) is 72.1 Å². The topological polar surface area (TPSA) is 0 Å². The van der Waals surface area contributed by atoms with Gasteiger partial charge in [0.05, 0.1) is 4.70 Å². The van der Waals surface area contributed by atoms with Gasteiger partial charge in [0, 0.05) is 21.5 Å². The van der Waals surface area contributed by atoms with Gasteiger partial charge >= 0.3 is 0 Å². The zero-order chi connectivity index (χ0) is 16.8. The molecule has 1 aromatic heterocycles. The second kappa shape index (κ2) is 4.53. The molecule has 0 atom stereocenters. The van der Waals surface area contributed by atoms with Crippen molar-refractivity contribution in [2.45, 2.75) is 0 Å². The first-order valence-electron chi connectivity index (χ1n) is 8.79. The molecule has 0 bridgehead atoms. The number of fused-ring (bicyclic) bond motifs is 8. The van der Waals surface area contributed by atoms with Crippen LogP contribution < -0.4 is 0 Å². The molecule has 0 amide bonds. The van der Waals surface area contributed by atoms with Gasteiger partial charge in [0.1, 0.15) is 0 Å². The summed E-state index contributed by atoms with van der Waals surface area (Å²) in [6, 6.07) is 24.6.